The quantitative estimate of drug-likeness (QED) is 0.168. The van der Waals surface area contributed by atoms with Crippen molar-refractivity contribution in [3.8, 4) is 44.8 Å². The molecule has 0 radical (unpaired) electrons. The number of aromatic nitrogens is 2. The van der Waals surface area contributed by atoms with Crippen LogP contribution in [0.1, 0.15) is 25.0 Å². The van der Waals surface area contributed by atoms with Crippen molar-refractivity contribution in [3.05, 3.63) is 205 Å². The third-order valence-electron chi connectivity index (χ3n) is 13.3. The summed E-state index contributed by atoms with van der Waals surface area (Å²) >= 11 is 1.95. The molecule has 60 heavy (non-hydrogen) atoms. The third-order valence-corrected chi connectivity index (χ3v) is 14.6. The molecule has 0 bridgehead atoms. The second-order valence-electron chi connectivity index (χ2n) is 16.9. The Bertz CT molecular complexity index is 3730. The van der Waals surface area contributed by atoms with Crippen LogP contribution in [0.15, 0.2) is 194 Å². The molecule has 3 heterocycles. The minimum atomic E-state index is -0.0108. The van der Waals surface area contributed by atoms with Crippen LogP contribution in [0.25, 0.3) is 109 Å². The van der Waals surface area contributed by atoms with Crippen molar-refractivity contribution in [1.29, 1.82) is 0 Å². The highest BCUT2D eigenvalue weighted by molar-refractivity contribution is 7.27. The first kappa shape index (κ1) is 33.7. The Kier molecular flexibility index (Phi) is 6.98. The van der Waals surface area contributed by atoms with Gasteiger partial charge >= 0.3 is 0 Å². The zero-order chi connectivity index (χ0) is 39.7. The van der Waals surface area contributed by atoms with Gasteiger partial charge in [-0.05, 0) is 99.6 Å². The molecule has 0 saturated carbocycles. The molecule has 2 nitrogen and oxygen atoms in total. The predicted octanol–water partition coefficient (Wildman–Crippen LogP) is 15.9. The number of thiophene rings is 1. The van der Waals surface area contributed by atoms with Crippen molar-refractivity contribution in [2.75, 3.05) is 0 Å². The largest absolute Gasteiger partial charge is 0.309 e. The maximum atomic E-state index is 2.43. The number of rotatable bonds is 4. The van der Waals surface area contributed by atoms with Crippen LogP contribution in [0.2, 0.25) is 0 Å². The van der Waals surface area contributed by atoms with Gasteiger partial charge in [0, 0.05) is 64.1 Å². The van der Waals surface area contributed by atoms with E-state index in [9.17, 15) is 0 Å². The zero-order valence-electron chi connectivity index (χ0n) is 33.3. The summed E-state index contributed by atoms with van der Waals surface area (Å²) in [4.78, 5) is 0. The SMILES string of the molecule is CC1(C)c2ccccc2-c2c1ccc1c2sc2c(-c3ccc(-n4c5ccccc5c5cc(-c6ccc7c(c6)c6ccccc6n7-c6ccccc6)ccc54)cc3)cccc21. The average Bonchev–Trinajstić information content (AvgIpc) is 4.01. The number of benzene rings is 9. The number of hydrogen-bond donors (Lipinski definition) is 0. The van der Waals surface area contributed by atoms with Gasteiger partial charge in [0.15, 0.2) is 0 Å². The van der Waals surface area contributed by atoms with E-state index in [1.807, 2.05) is 11.3 Å². The van der Waals surface area contributed by atoms with Crippen molar-refractivity contribution in [1.82, 2.24) is 9.13 Å². The van der Waals surface area contributed by atoms with Gasteiger partial charge in [0.1, 0.15) is 0 Å². The highest BCUT2D eigenvalue weighted by Crippen LogP contribution is 2.54. The standard InChI is InChI=1S/C57H38N2S/c1-57(2)48-20-9-6-17-45(48)54-49(57)30-29-44-43-19-12-18-40(55(43)60-56(44)54)35-23-27-39(28-24-35)59-51-22-11-8-16-42(51)47-34-37(26-32-53(47)59)36-25-31-52-46(33-36)41-15-7-10-21-50(41)58(52)38-13-4-3-5-14-38/h3-34H,1-2H3. The first-order valence-corrected chi connectivity index (χ1v) is 21.7. The molecule has 12 aromatic rings. The lowest BCUT2D eigenvalue weighted by molar-refractivity contribution is 0.661. The number of para-hydroxylation sites is 3. The summed E-state index contributed by atoms with van der Waals surface area (Å²) in [5.41, 5.74) is 17.8. The molecule has 0 fully saturated rings. The highest BCUT2D eigenvalue weighted by Gasteiger charge is 2.36. The molecule has 1 aliphatic rings. The van der Waals surface area contributed by atoms with E-state index < -0.39 is 0 Å². The Morgan fingerprint density at radius 3 is 1.55 bits per heavy atom. The lowest BCUT2D eigenvalue weighted by Crippen LogP contribution is -2.14. The van der Waals surface area contributed by atoms with Crippen LogP contribution < -0.4 is 0 Å². The molecule has 0 unspecified atom stereocenters. The van der Waals surface area contributed by atoms with Gasteiger partial charge in [-0.25, -0.2) is 0 Å². The van der Waals surface area contributed by atoms with Crippen LogP contribution in [-0.2, 0) is 5.41 Å². The van der Waals surface area contributed by atoms with Crippen LogP contribution in [-0.4, -0.2) is 9.13 Å². The van der Waals surface area contributed by atoms with Crippen molar-refractivity contribution < 1.29 is 0 Å². The van der Waals surface area contributed by atoms with Gasteiger partial charge in [-0.1, -0.05) is 147 Å². The van der Waals surface area contributed by atoms with Gasteiger partial charge in [-0.3, -0.25) is 0 Å². The Balaban J connectivity index is 0.916. The molecular weight excluding hydrogens is 745 g/mol. The lowest BCUT2D eigenvalue weighted by Gasteiger charge is -2.21. The minimum absolute atomic E-state index is 0.0108. The molecule has 0 amide bonds. The molecule has 0 N–H and O–H groups in total. The third kappa shape index (κ3) is 4.64. The zero-order valence-corrected chi connectivity index (χ0v) is 34.1. The summed E-state index contributed by atoms with van der Waals surface area (Å²) < 4.78 is 7.55. The van der Waals surface area contributed by atoms with E-state index in [-0.39, 0.29) is 5.41 Å². The molecule has 0 aliphatic heterocycles. The fourth-order valence-corrected chi connectivity index (χ4v) is 11.9. The van der Waals surface area contributed by atoms with E-state index in [2.05, 4.69) is 217 Å². The van der Waals surface area contributed by atoms with E-state index in [0.717, 1.165) is 5.69 Å². The van der Waals surface area contributed by atoms with Gasteiger partial charge in [-0.2, -0.15) is 0 Å². The molecule has 282 valence electrons. The van der Waals surface area contributed by atoms with Crippen LogP contribution >= 0.6 is 11.3 Å². The lowest BCUT2D eigenvalue weighted by atomic mass is 9.82. The number of fused-ring (bicyclic) bond motifs is 13. The smallest absolute Gasteiger partial charge is 0.0541 e. The number of nitrogens with zero attached hydrogens (tertiary/aromatic N) is 2. The molecule has 13 rings (SSSR count). The van der Waals surface area contributed by atoms with E-state index in [4.69, 9.17) is 0 Å². The molecule has 1 aliphatic carbocycles. The highest BCUT2D eigenvalue weighted by atomic mass is 32.1. The van der Waals surface area contributed by atoms with E-state index in [1.54, 1.807) is 0 Å². The predicted molar refractivity (Wildman–Crippen MR) is 256 cm³/mol. The van der Waals surface area contributed by atoms with Crippen LogP contribution in [0.5, 0.6) is 0 Å². The maximum Gasteiger partial charge on any atom is 0.0541 e. The summed E-state index contributed by atoms with van der Waals surface area (Å²) in [7, 11) is 0. The minimum Gasteiger partial charge on any atom is -0.309 e. The first-order valence-electron chi connectivity index (χ1n) is 20.8. The molecule has 0 saturated heterocycles. The monoisotopic (exact) mass is 782 g/mol. The Hall–Kier alpha value is -7.20. The van der Waals surface area contributed by atoms with E-state index >= 15 is 0 Å². The summed E-state index contributed by atoms with van der Waals surface area (Å²) in [6.45, 7) is 4.74. The van der Waals surface area contributed by atoms with E-state index in [0.29, 0.717) is 0 Å². The number of hydrogen-bond acceptors (Lipinski definition) is 1. The Morgan fingerprint density at radius 2 is 0.867 bits per heavy atom. The second-order valence-corrected chi connectivity index (χ2v) is 17.9. The van der Waals surface area contributed by atoms with Gasteiger partial charge < -0.3 is 9.13 Å². The molecule has 3 heteroatoms. The molecule has 0 spiro atoms. The summed E-state index contributed by atoms with van der Waals surface area (Å²) in [5.74, 6) is 0. The van der Waals surface area contributed by atoms with Gasteiger partial charge in [0.25, 0.3) is 0 Å². The van der Waals surface area contributed by atoms with Gasteiger partial charge in [-0.15, -0.1) is 11.3 Å². The van der Waals surface area contributed by atoms with Gasteiger partial charge in [0.05, 0.1) is 22.1 Å². The normalized spacial score (nSPS) is 13.3. The Morgan fingerprint density at radius 1 is 0.350 bits per heavy atom. The second kappa shape index (κ2) is 12.4. The van der Waals surface area contributed by atoms with Crippen LogP contribution in [0, 0.1) is 0 Å². The van der Waals surface area contributed by atoms with Crippen molar-refractivity contribution in [2.24, 2.45) is 0 Å². The van der Waals surface area contributed by atoms with Crippen molar-refractivity contribution in [3.63, 3.8) is 0 Å². The fraction of sp³-hybridized carbons (Fsp3) is 0.0526. The molecular formula is C57H38N2S. The first-order chi connectivity index (χ1) is 29.5. The summed E-state index contributed by atoms with van der Waals surface area (Å²) in [6.07, 6.45) is 0. The van der Waals surface area contributed by atoms with Crippen LogP contribution in [0.3, 0.4) is 0 Å². The van der Waals surface area contributed by atoms with Crippen LogP contribution in [0.4, 0.5) is 0 Å². The van der Waals surface area contributed by atoms with E-state index in [1.165, 1.54) is 114 Å². The summed E-state index contributed by atoms with van der Waals surface area (Å²) in [5, 5.41) is 7.73. The fourth-order valence-electron chi connectivity index (χ4n) is 10.5. The summed E-state index contributed by atoms with van der Waals surface area (Å²) in [6, 6.07) is 72.0. The topological polar surface area (TPSA) is 9.86 Å². The maximum absolute atomic E-state index is 2.43. The molecule has 3 aromatic heterocycles. The van der Waals surface area contributed by atoms with Crippen molar-refractivity contribution in [2.45, 2.75) is 19.3 Å². The van der Waals surface area contributed by atoms with Gasteiger partial charge in [0.2, 0.25) is 0 Å². The molecule has 9 aromatic carbocycles. The average molecular weight is 783 g/mol. The van der Waals surface area contributed by atoms with Crippen molar-refractivity contribution >= 4 is 75.1 Å². The molecule has 0 atom stereocenters. The Labute approximate surface area is 351 Å².